The van der Waals surface area contributed by atoms with Gasteiger partial charge in [-0.1, -0.05) is 20.8 Å². The number of rotatable bonds is 9. The maximum atomic E-state index is 15.5. The molecule has 0 fully saturated rings. The third-order valence-corrected chi connectivity index (χ3v) is 7.37. The van der Waals surface area contributed by atoms with Crippen molar-refractivity contribution in [2.75, 3.05) is 24.4 Å². The van der Waals surface area contributed by atoms with Crippen LogP contribution in [0.5, 0.6) is 23.0 Å². The van der Waals surface area contributed by atoms with Crippen molar-refractivity contribution in [2.45, 2.75) is 26.8 Å². The van der Waals surface area contributed by atoms with E-state index < -0.39 is 40.7 Å². The average molecular weight is 644 g/mol. The van der Waals surface area contributed by atoms with Crippen LogP contribution in [0.2, 0.25) is 0 Å². The Morgan fingerprint density at radius 1 is 0.766 bits per heavy atom. The predicted molar refractivity (Wildman–Crippen MR) is 173 cm³/mol. The molecule has 5 aromatic rings. The SMILES string of the molecule is COc1cc2nccc(Oc3ccc(NC(=O)C(N(C(=O)c4ccc(F)cc4)c4ccc(F)cc4)C(C)(C)C)cc3F)c2cc1OC. The summed E-state index contributed by atoms with van der Waals surface area (Å²) in [5.74, 6) is -1.96. The first kappa shape index (κ1) is 32.8. The number of benzene rings is 4. The first-order valence-electron chi connectivity index (χ1n) is 14.5. The van der Waals surface area contributed by atoms with Gasteiger partial charge >= 0.3 is 0 Å². The molecule has 0 aliphatic heterocycles. The molecule has 1 N–H and O–H groups in total. The van der Waals surface area contributed by atoms with E-state index in [2.05, 4.69) is 10.3 Å². The smallest absolute Gasteiger partial charge is 0.259 e. The van der Waals surface area contributed by atoms with E-state index in [4.69, 9.17) is 14.2 Å². The Morgan fingerprint density at radius 2 is 1.38 bits per heavy atom. The fourth-order valence-electron chi connectivity index (χ4n) is 5.14. The lowest BCUT2D eigenvalue weighted by molar-refractivity contribution is -0.119. The second-order valence-corrected chi connectivity index (χ2v) is 11.7. The lowest BCUT2D eigenvalue weighted by Gasteiger charge is -2.39. The normalized spacial score (nSPS) is 11.9. The van der Waals surface area contributed by atoms with Crippen LogP contribution in [0.1, 0.15) is 31.1 Å². The van der Waals surface area contributed by atoms with Gasteiger partial charge in [-0.05, 0) is 78.2 Å². The molecular weight excluding hydrogens is 611 g/mol. The molecule has 11 heteroatoms. The number of nitrogens with zero attached hydrogens (tertiary/aromatic N) is 2. The minimum absolute atomic E-state index is 0.105. The third kappa shape index (κ3) is 7.14. The number of fused-ring (bicyclic) bond motifs is 1. The highest BCUT2D eigenvalue weighted by molar-refractivity contribution is 6.12. The standard InChI is InChI=1S/C36H32F3N3O5/c1-36(2,3)33(42(25-13-10-23(38)11-14-25)35(44)21-6-8-22(37)9-7-21)34(43)41-24-12-15-30(27(39)18-24)47-29-16-17-40-28-20-32(46-5)31(45-4)19-26(28)29/h6-20,33H,1-5H3,(H,41,43). The van der Waals surface area contributed by atoms with Crippen LogP contribution < -0.4 is 24.4 Å². The van der Waals surface area contributed by atoms with E-state index in [0.29, 0.717) is 28.2 Å². The zero-order valence-electron chi connectivity index (χ0n) is 26.3. The Hall–Kier alpha value is -5.58. The van der Waals surface area contributed by atoms with Crippen molar-refractivity contribution in [1.29, 1.82) is 0 Å². The number of aromatic nitrogens is 1. The highest BCUT2D eigenvalue weighted by atomic mass is 19.1. The summed E-state index contributed by atoms with van der Waals surface area (Å²) in [7, 11) is 3.00. The monoisotopic (exact) mass is 643 g/mol. The van der Waals surface area contributed by atoms with E-state index in [-0.39, 0.29) is 22.7 Å². The minimum atomic E-state index is -1.17. The third-order valence-electron chi connectivity index (χ3n) is 7.37. The van der Waals surface area contributed by atoms with Crippen molar-refractivity contribution in [3.05, 3.63) is 114 Å². The van der Waals surface area contributed by atoms with Crippen molar-refractivity contribution in [2.24, 2.45) is 5.41 Å². The highest BCUT2D eigenvalue weighted by Crippen LogP contribution is 2.38. The number of halogens is 3. The largest absolute Gasteiger partial charge is 0.493 e. The number of carbonyl (C=O) groups excluding carboxylic acids is 2. The lowest BCUT2D eigenvalue weighted by atomic mass is 9.84. The van der Waals surface area contributed by atoms with Gasteiger partial charge in [0.1, 0.15) is 23.4 Å². The summed E-state index contributed by atoms with van der Waals surface area (Å²) in [6, 6.07) is 17.7. The number of nitrogens with one attached hydrogen (secondary N) is 1. The first-order valence-corrected chi connectivity index (χ1v) is 14.5. The van der Waals surface area contributed by atoms with Gasteiger partial charge in [0.2, 0.25) is 5.91 Å². The quantitative estimate of drug-likeness (QED) is 0.174. The van der Waals surface area contributed by atoms with E-state index in [1.54, 1.807) is 39.0 Å². The molecule has 0 saturated heterocycles. The zero-order valence-corrected chi connectivity index (χ0v) is 26.3. The molecule has 0 bridgehead atoms. The van der Waals surface area contributed by atoms with Crippen LogP contribution in [0, 0.1) is 22.9 Å². The van der Waals surface area contributed by atoms with Gasteiger partial charge in [-0.25, -0.2) is 13.2 Å². The predicted octanol–water partition coefficient (Wildman–Crippen LogP) is 8.16. The summed E-state index contributed by atoms with van der Waals surface area (Å²) in [4.78, 5) is 33.4. The van der Waals surface area contributed by atoms with Crippen LogP contribution in [0.25, 0.3) is 10.9 Å². The fourth-order valence-corrected chi connectivity index (χ4v) is 5.14. The number of hydrogen-bond acceptors (Lipinski definition) is 6. The van der Waals surface area contributed by atoms with Gasteiger partial charge in [-0.3, -0.25) is 19.5 Å². The summed E-state index contributed by atoms with van der Waals surface area (Å²) >= 11 is 0. The number of carbonyl (C=O) groups is 2. The summed E-state index contributed by atoms with van der Waals surface area (Å²) in [6.45, 7) is 5.27. The molecule has 5 rings (SSSR count). The van der Waals surface area contributed by atoms with Gasteiger partial charge < -0.3 is 19.5 Å². The van der Waals surface area contributed by atoms with E-state index in [1.807, 2.05) is 0 Å². The zero-order chi connectivity index (χ0) is 33.9. The second-order valence-electron chi connectivity index (χ2n) is 11.7. The maximum absolute atomic E-state index is 15.5. The molecule has 0 aliphatic carbocycles. The number of anilines is 2. The molecule has 242 valence electrons. The molecule has 0 saturated carbocycles. The molecule has 1 aromatic heterocycles. The van der Waals surface area contributed by atoms with E-state index in [1.165, 1.54) is 73.8 Å². The van der Waals surface area contributed by atoms with Gasteiger partial charge in [0, 0.05) is 40.7 Å². The number of pyridine rings is 1. The van der Waals surface area contributed by atoms with Crippen molar-refractivity contribution >= 4 is 34.1 Å². The Labute approximate surface area is 269 Å². The molecule has 47 heavy (non-hydrogen) atoms. The van der Waals surface area contributed by atoms with E-state index in [0.717, 1.165) is 18.2 Å². The summed E-state index contributed by atoms with van der Waals surface area (Å²) < 4.78 is 59.6. The topological polar surface area (TPSA) is 90.0 Å². The fraction of sp³-hybridized carbons (Fsp3) is 0.194. The van der Waals surface area contributed by atoms with E-state index in [9.17, 15) is 18.4 Å². The number of hydrogen-bond donors (Lipinski definition) is 1. The van der Waals surface area contributed by atoms with Gasteiger partial charge in [0.15, 0.2) is 23.1 Å². The summed E-state index contributed by atoms with van der Waals surface area (Å²) in [6.07, 6.45) is 1.52. The molecule has 1 heterocycles. The van der Waals surface area contributed by atoms with Crippen LogP contribution in [-0.4, -0.2) is 37.1 Å². The maximum Gasteiger partial charge on any atom is 0.259 e. The van der Waals surface area contributed by atoms with Crippen molar-refractivity contribution in [3.63, 3.8) is 0 Å². The van der Waals surface area contributed by atoms with Crippen molar-refractivity contribution in [1.82, 2.24) is 4.98 Å². The number of ether oxygens (including phenoxy) is 3. The van der Waals surface area contributed by atoms with Gasteiger partial charge in [0.05, 0.1) is 19.7 Å². The van der Waals surface area contributed by atoms with Crippen LogP contribution in [-0.2, 0) is 4.79 Å². The molecule has 1 unspecified atom stereocenters. The average Bonchev–Trinajstić information content (AvgIpc) is 3.04. The van der Waals surface area contributed by atoms with Gasteiger partial charge in [-0.15, -0.1) is 0 Å². The van der Waals surface area contributed by atoms with Gasteiger partial charge in [-0.2, -0.15) is 0 Å². The van der Waals surface area contributed by atoms with Crippen LogP contribution >= 0.6 is 0 Å². The first-order chi connectivity index (χ1) is 22.4. The van der Waals surface area contributed by atoms with Crippen LogP contribution in [0.3, 0.4) is 0 Å². The molecule has 0 aliphatic rings. The van der Waals surface area contributed by atoms with Crippen LogP contribution in [0.15, 0.2) is 91.1 Å². The molecule has 0 radical (unpaired) electrons. The van der Waals surface area contributed by atoms with Crippen molar-refractivity contribution in [3.8, 4) is 23.0 Å². The molecule has 1 atom stereocenters. The van der Waals surface area contributed by atoms with Crippen LogP contribution in [0.4, 0.5) is 24.5 Å². The highest BCUT2D eigenvalue weighted by Gasteiger charge is 2.40. The van der Waals surface area contributed by atoms with E-state index >= 15 is 4.39 Å². The van der Waals surface area contributed by atoms with Crippen molar-refractivity contribution < 1.29 is 37.0 Å². The molecule has 2 amide bonds. The number of amides is 2. The number of methoxy groups -OCH3 is 2. The van der Waals surface area contributed by atoms with Gasteiger partial charge in [0.25, 0.3) is 5.91 Å². The molecule has 8 nitrogen and oxygen atoms in total. The summed E-state index contributed by atoms with van der Waals surface area (Å²) in [5, 5.41) is 3.27. The Kier molecular flexibility index (Phi) is 9.36. The molecule has 0 spiro atoms. The Bertz CT molecular complexity index is 1930. The molecule has 4 aromatic carbocycles. The lowest BCUT2D eigenvalue weighted by Crippen LogP contribution is -2.54. The molecular formula is C36H32F3N3O5. The minimum Gasteiger partial charge on any atom is -0.493 e. The summed E-state index contributed by atoms with van der Waals surface area (Å²) in [5.41, 5.74) is 0.128. The Balaban J connectivity index is 1.45. The second kappa shape index (κ2) is 13.4. The Morgan fingerprint density at radius 3 is 1.98 bits per heavy atom.